The van der Waals surface area contributed by atoms with E-state index in [9.17, 15) is 9.18 Å². The first kappa shape index (κ1) is 20.8. The molecule has 0 spiro atoms. The Hall–Kier alpha value is -3.06. The van der Waals surface area contributed by atoms with Gasteiger partial charge in [0.15, 0.2) is 0 Å². The van der Waals surface area contributed by atoms with Gasteiger partial charge in [-0.25, -0.2) is 18.0 Å². The maximum atomic E-state index is 15.3. The number of para-hydroxylation sites is 1. The molecule has 5 rings (SSSR count). The molecule has 7 heteroatoms. The van der Waals surface area contributed by atoms with Gasteiger partial charge in [0.25, 0.3) is 0 Å². The summed E-state index contributed by atoms with van der Waals surface area (Å²) in [6.07, 6.45) is 4.03. The number of nitrogens with one attached hydrogen (secondary N) is 1. The molecule has 0 amide bonds. The molecule has 1 unspecified atom stereocenters. The standard InChI is InChI=1S/C25H23F3N2O2/c1-32-21(31)7-6-15-12-18(26)22(19(27)13-15)24-23-17(16-4-2-3-5-20(16)29-23)8-11-30(24)14-25(28)9-10-25/h2-7,12-13,24,29H,8-11,14H2,1H3/b7-6+. The number of H-pyrrole nitrogens is 1. The van der Waals surface area contributed by atoms with Gasteiger partial charge in [0.2, 0.25) is 0 Å². The van der Waals surface area contributed by atoms with E-state index in [0.29, 0.717) is 31.5 Å². The SMILES string of the molecule is COC(=O)/C=C/c1cc(F)c(C2c3[nH]c4ccccc4c3CCN2CC2(F)CC2)c(F)c1. The number of rotatable bonds is 5. The number of hydrogen-bond donors (Lipinski definition) is 1. The molecule has 2 aromatic carbocycles. The molecule has 1 fully saturated rings. The predicted octanol–water partition coefficient (Wildman–Crippen LogP) is 5.08. The minimum absolute atomic E-state index is 0.114. The van der Waals surface area contributed by atoms with E-state index in [1.807, 2.05) is 29.2 Å². The van der Waals surface area contributed by atoms with Gasteiger partial charge in [-0.1, -0.05) is 18.2 Å². The second-order valence-corrected chi connectivity index (χ2v) is 8.59. The second-order valence-electron chi connectivity index (χ2n) is 8.59. The molecule has 2 aliphatic rings. The van der Waals surface area contributed by atoms with Crippen molar-refractivity contribution < 1.29 is 22.7 Å². The van der Waals surface area contributed by atoms with Crippen LogP contribution in [0.3, 0.4) is 0 Å². The van der Waals surface area contributed by atoms with Crippen molar-refractivity contribution in [3.8, 4) is 0 Å². The van der Waals surface area contributed by atoms with Crippen molar-refractivity contribution in [2.45, 2.75) is 31.0 Å². The molecule has 2 heterocycles. The summed E-state index contributed by atoms with van der Waals surface area (Å²) in [5, 5.41) is 1.02. The Bertz CT molecular complexity index is 1210. The number of halogens is 3. The van der Waals surface area contributed by atoms with Gasteiger partial charge in [-0.05, 0) is 54.7 Å². The van der Waals surface area contributed by atoms with Gasteiger partial charge in [0, 0.05) is 41.3 Å². The van der Waals surface area contributed by atoms with E-state index in [-0.39, 0.29) is 17.7 Å². The number of benzene rings is 2. The van der Waals surface area contributed by atoms with E-state index in [1.54, 1.807) is 0 Å². The highest BCUT2D eigenvalue weighted by Crippen LogP contribution is 2.46. The molecule has 0 bridgehead atoms. The van der Waals surface area contributed by atoms with Gasteiger partial charge < -0.3 is 9.72 Å². The Morgan fingerprint density at radius 2 is 1.97 bits per heavy atom. The summed E-state index contributed by atoms with van der Waals surface area (Å²) in [6, 6.07) is 9.37. The van der Waals surface area contributed by atoms with Gasteiger partial charge in [0.1, 0.15) is 17.3 Å². The van der Waals surface area contributed by atoms with Gasteiger partial charge in [0.05, 0.1) is 13.2 Å². The van der Waals surface area contributed by atoms with Crippen LogP contribution in [0.4, 0.5) is 13.2 Å². The van der Waals surface area contributed by atoms with Crippen molar-refractivity contribution >= 4 is 22.9 Å². The summed E-state index contributed by atoms with van der Waals surface area (Å²) in [7, 11) is 1.23. The fourth-order valence-corrected chi connectivity index (χ4v) is 4.64. The summed E-state index contributed by atoms with van der Waals surface area (Å²) in [5.41, 5.74) is 1.41. The molecule has 0 radical (unpaired) electrons. The van der Waals surface area contributed by atoms with Crippen molar-refractivity contribution in [1.29, 1.82) is 0 Å². The Labute approximate surface area is 183 Å². The summed E-state index contributed by atoms with van der Waals surface area (Å²) in [5.74, 6) is -2.09. The lowest BCUT2D eigenvalue weighted by Crippen LogP contribution is -2.41. The number of aromatic amines is 1. The normalized spacial score (nSPS) is 19.9. The predicted molar refractivity (Wildman–Crippen MR) is 116 cm³/mol. The Kier molecular flexibility index (Phi) is 5.08. The Morgan fingerprint density at radius 3 is 2.66 bits per heavy atom. The lowest BCUT2D eigenvalue weighted by Gasteiger charge is -2.37. The van der Waals surface area contributed by atoms with E-state index >= 15 is 8.78 Å². The highest BCUT2D eigenvalue weighted by atomic mass is 19.1. The molecule has 32 heavy (non-hydrogen) atoms. The number of carbonyl (C=O) groups is 1. The Morgan fingerprint density at radius 1 is 1.25 bits per heavy atom. The zero-order chi connectivity index (χ0) is 22.5. The molecule has 1 aromatic heterocycles. The van der Waals surface area contributed by atoms with Crippen LogP contribution in [-0.4, -0.2) is 41.7 Å². The first-order valence-corrected chi connectivity index (χ1v) is 10.7. The third-order valence-electron chi connectivity index (χ3n) is 6.40. The summed E-state index contributed by atoms with van der Waals surface area (Å²) < 4.78 is 50.0. The minimum atomic E-state index is -1.29. The van der Waals surface area contributed by atoms with Crippen molar-refractivity contribution in [2.24, 2.45) is 0 Å². The number of methoxy groups -OCH3 is 1. The number of aromatic nitrogens is 1. The molecule has 1 saturated carbocycles. The van der Waals surface area contributed by atoms with Gasteiger partial charge >= 0.3 is 5.97 Å². The van der Waals surface area contributed by atoms with Gasteiger partial charge in [-0.15, -0.1) is 0 Å². The number of ether oxygens (including phenoxy) is 1. The monoisotopic (exact) mass is 440 g/mol. The maximum absolute atomic E-state index is 15.3. The molecule has 0 saturated heterocycles. The zero-order valence-corrected chi connectivity index (χ0v) is 17.6. The number of alkyl halides is 1. The minimum Gasteiger partial charge on any atom is -0.466 e. The molecular formula is C25H23F3N2O2. The van der Waals surface area contributed by atoms with E-state index in [4.69, 9.17) is 0 Å². The largest absolute Gasteiger partial charge is 0.466 e. The quantitative estimate of drug-likeness (QED) is 0.445. The van der Waals surface area contributed by atoms with E-state index in [0.717, 1.165) is 22.5 Å². The van der Waals surface area contributed by atoms with Gasteiger partial charge in [-0.2, -0.15) is 0 Å². The molecule has 1 atom stereocenters. The third-order valence-corrected chi connectivity index (χ3v) is 6.40. The highest BCUT2D eigenvalue weighted by molar-refractivity contribution is 5.87. The van der Waals surface area contributed by atoms with Crippen LogP contribution in [0, 0.1) is 11.6 Å². The van der Waals surface area contributed by atoms with Crippen LogP contribution >= 0.6 is 0 Å². The smallest absolute Gasteiger partial charge is 0.330 e. The van der Waals surface area contributed by atoms with E-state index in [2.05, 4.69) is 9.72 Å². The molecule has 1 aliphatic heterocycles. The number of nitrogens with zero attached hydrogens (tertiary/aromatic N) is 1. The van der Waals surface area contributed by atoms with Crippen molar-refractivity contribution in [3.63, 3.8) is 0 Å². The van der Waals surface area contributed by atoms with Crippen molar-refractivity contribution in [1.82, 2.24) is 9.88 Å². The Balaban J connectivity index is 1.61. The van der Waals surface area contributed by atoms with Crippen LogP contribution in [0.1, 0.15) is 41.3 Å². The van der Waals surface area contributed by atoms with Crippen LogP contribution in [0.15, 0.2) is 42.5 Å². The number of esters is 1. The molecule has 1 N–H and O–H groups in total. The van der Waals surface area contributed by atoms with Crippen LogP contribution in [-0.2, 0) is 16.0 Å². The highest BCUT2D eigenvalue weighted by Gasteiger charge is 2.47. The summed E-state index contributed by atoms with van der Waals surface area (Å²) in [6.45, 7) is 0.642. The molecule has 166 valence electrons. The van der Waals surface area contributed by atoms with Crippen molar-refractivity contribution in [2.75, 3.05) is 20.2 Å². The average molecular weight is 440 g/mol. The van der Waals surface area contributed by atoms with Crippen LogP contribution in [0.5, 0.6) is 0 Å². The molecule has 1 aliphatic carbocycles. The topological polar surface area (TPSA) is 45.3 Å². The van der Waals surface area contributed by atoms with Gasteiger partial charge in [-0.3, -0.25) is 4.90 Å². The lowest BCUT2D eigenvalue weighted by atomic mass is 9.90. The van der Waals surface area contributed by atoms with Crippen LogP contribution in [0.25, 0.3) is 17.0 Å². The van der Waals surface area contributed by atoms with Crippen LogP contribution < -0.4 is 0 Å². The first-order chi connectivity index (χ1) is 15.4. The molecule has 4 nitrogen and oxygen atoms in total. The number of fused-ring (bicyclic) bond motifs is 3. The van der Waals surface area contributed by atoms with Crippen molar-refractivity contribution in [3.05, 3.63) is 76.5 Å². The van der Waals surface area contributed by atoms with Crippen LogP contribution in [0.2, 0.25) is 0 Å². The third kappa shape index (κ3) is 3.71. The fraction of sp³-hybridized carbons (Fsp3) is 0.320. The van der Waals surface area contributed by atoms with E-state index < -0.39 is 29.3 Å². The fourth-order valence-electron chi connectivity index (χ4n) is 4.64. The molecular weight excluding hydrogens is 417 g/mol. The average Bonchev–Trinajstić information content (AvgIpc) is 3.37. The maximum Gasteiger partial charge on any atom is 0.330 e. The molecule has 3 aromatic rings. The first-order valence-electron chi connectivity index (χ1n) is 10.7. The number of carbonyl (C=O) groups excluding carboxylic acids is 1. The summed E-state index contributed by atoms with van der Waals surface area (Å²) >= 11 is 0. The lowest BCUT2D eigenvalue weighted by molar-refractivity contribution is -0.134. The summed E-state index contributed by atoms with van der Waals surface area (Å²) in [4.78, 5) is 16.5. The second kappa shape index (κ2) is 7.81. The number of hydrogen-bond acceptors (Lipinski definition) is 3. The zero-order valence-electron chi connectivity index (χ0n) is 17.6. The van der Waals surface area contributed by atoms with E-state index in [1.165, 1.54) is 25.3 Å².